The van der Waals surface area contributed by atoms with E-state index in [1.807, 2.05) is 60.7 Å². The maximum absolute atomic E-state index is 9.58. The number of aromatic hydroxyl groups is 1. The number of allylic oxidation sites excluding steroid dienone is 1. The molecule has 162 valence electrons. The normalized spacial score (nSPS) is 15.9. The summed E-state index contributed by atoms with van der Waals surface area (Å²) in [5.41, 5.74) is 5.14. The molecule has 1 aliphatic heterocycles. The molecule has 0 aliphatic carbocycles. The fourth-order valence-electron chi connectivity index (χ4n) is 3.74. The van der Waals surface area contributed by atoms with Crippen molar-refractivity contribution in [3.8, 4) is 11.5 Å². The van der Waals surface area contributed by atoms with Crippen molar-refractivity contribution in [2.24, 2.45) is 0 Å². The molecule has 1 aliphatic rings. The second-order valence-electron chi connectivity index (χ2n) is 7.70. The summed E-state index contributed by atoms with van der Waals surface area (Å²) in [6.07, 6.45) is 7.62. The average molecular weight is 426 g/mol. The average Bonchev–Trinajstić information content (AvgIpc) is 3.31. The summed E-state index contributed by atoms with van der Waals surface area (Å²) in [5.74, 6) is 1.09. The highest BCUT2D eigenvalue weighted by Crippen LogP contribution is 2.30. The molecule has 2 heterocycles. The van der Waals surface area contributed by atoms with Gasteiger partial charge in [0.1, 0.15) is 18.1 Å². The van der Waals surface area contributed by atoms with Gasteiger partial charge in [0.25, 0.3) is 0 Å². The molecule has 1 unspecified atom stereocenters. The minimum absolute atomic E-state index is 0.0196. The van der Waals surface area contributed by atoms with Crippen LogP contribution in [-0.4, -0.2) is 29.4 Å². The van der Waals surface area contributed by atoms with Crippen molar-refractivity contribution in [3.63, 3.8) is 0 Å². The molecule has 0 spiro atoms. The van der Waals surface area contributed by atoms with Crippen LogP contribution in [0.4, 0.5) is 0 Å². The molecular formula is C28H27NO3. The Hall–Kier alpha value is -3.63. The summed E-state index contributed by atoms with van der Waals surface area (Å²) < 4.78 is 11.9. The fourth-order valence-corrected chi connectivity index (χ4v) is 3.74. The zero-order valence-corrected chi connectivity index (χ0v) is 18.0. The van der Waals surface area contributed by atoms with Gasteiger partial charge in [-0.05, 0) is 77.6 Å². The predicted molar refractivity (Wildman–Crippen MR) is 128 cm³/mol. The summed E-state index contributed by atoms with van der Waals surface area (Å²) >= 11 is 0. The van der Waals surface area contributed by atoms with E-state index in [9.17, 15) is 5.11 Å². The number of rotatable bonds is 9. The van der Waals surface area contributed by atoms with Crippen molar-refractivity contribution in [1.82, 2.24) is 4.98 Å². The molecule has 4 heteroatoms. The number of pyridine rings is 1. The molecule has 0 amide bonds. The van der Waals surface area contributed by atoms with Gasteiger partial charge in [-0.1, -0.05) is 49.1 Å². The SMILES string of the molecule is C=C(COc1ccccc1)C1=CCOC1CC/C(=C/c1ccc(O)cc1)c1ccccn1. The van der Waals surface area contributed by atoms with Crippen molar-refractivity contribution in [1.29, 1.82) is 0 Å². The van der Waals surface area contributed by atoms with Gasteiger partial charge in [-0.15, -0.1) is 0 Å². The molecule has 2 aromatic carbocycles. The molecule has 4 rings (SSSR count). The van der Waals surface area contributed by atoms with Crippen LogP contribution in [0.5, 0.6) is 11.5 Å². The molecule has 1 aromatic heterocycles. The Morgan fingerprint density at radius 3 is 2.59 bits per heavy atom. The third-order valence-corrected chi connectivity index (χ3v) is 5.42. The van der Waals surface area contributed by atoms with Gasteiger partial charge in [0.2, 0.25) is 0 Å². The van der Waals surface area contributed by atoms with E-state index in [2.05, 4.69) is 23.7 Å². The van der Waals surface area contributed by atoms with Crippen LogP contribution in [-0.2, 0) is 4.74 Å². The van der Waals surface area contributed by atoms with Gasteiger partial charge in [0.05, 0.1) is 18.4 Å². The van der Waals surface area contributed by atoms with Crippen LogP contribution in [0, 0.1) is 0 Å². The summed E-state index contributed by atoms with van der Waals surface area (Å²) in [5, 5.41) is 9.58. The highest BCUT2D eigenvalue weighted by molar-refractivity contribution is 5.80. The van der Waals surface area contributed by atoms with Gasteiger partial charge in [-0.2, -0.15) is 0 Å². The Bertz CT molecular complexity index is 1090. The summed E-state index contributed by atoms with van der Waals surface area (Å²) in [6, 6.07) is 22.9. The topological polar surface area (TPSA) is 51.6 Å². The molecule has 4 nitrogen and oxygen atoms in total. The van der Waals surface area contributed by atoms with Crippen LogP contribution >= 0.6 is 0 Å². The van der Waals surface area contributed by atoms with Crippen molar-refractivity contribution >= 4 is 11.6 Å². The third-order valence-electron chi connectivity index (χ3n) is 5.42. The van der Waals surface area contributed by atoms with Gasteiger partial charge in [0, 0.05) is 6.20 Å². The number of nitrogens with zero attached hydrogens (tertiary/aromatic N) is 1. The van der Waals surface area contributed by atoms with Crippen LogP contribution in [0.1, 0.15) is 24.1 Å². The van der Waals surface area contributed by atoms with E-state index in [1.54, 1.807) is 18.3 Å². The van der Waals surface area contributed by atoms with Crippen LogP contribution in [0.15, 0.2) is 103 Å². The van der Waals surface area contributed by atoms with E-state index < -0.39 is 0 Å². The number of hydrogen-bond acceptors (Lipinski definition) is 4. The Morgan fingerprint density at radius 2 is 1.84 bits per heavy atom. The van der Waals surface area contributed by atoms with Gasteiger partial charge in [0.15, 0.2) is 0 Å². The van der Waals surface area contributed by atoms with Crippen molar-refractivity contribution in [3.05, 3.63) is 114 Å². The maximum Gasteiger partial charge on any atom is 0.119 e. The molecule has 0 bridgehead atoms. The molecule has 32 heavy (non-hydrogen) atoms. The molecule has 3 aromatic rings. The molecule has 0 saturated carbocycles. The molecular weight excluding hydrogens is 398 g/mol. The number of aromatic nitrogens is 1. The van der Waals surface area contributed by atoms with Crippen molar-refractivity contribution < 1.29 is 14.6 Å². The molecule has 0 fully saturated rings. The lowest BCUT2D eigenvalue weighted by molar-refractivity contribution is 0.117. The predicted octanol–water partition coefficient (Wildman–Crippen LogP) is 6.07. The Labute approximate surface area is 189 Å². The first-order valence-corrected chi connectivity index (χ1v) is 10.8. The molecule has 0 radical (unpaired) electrons. The lowest BCUT2D eigenvalue weighted by Crippen LogP contribution is -2.14. The highest BCUT2D eigenvalue weighted by Gasteiger charge is 2.23. The Balaban J connectivity index is 1.43. The zero-order valence-electron chi connectivity index (χ0n) is 18.0. The first-order chi connectivity index (χ1) is 15.7. The number of hydrogen-bond donors (Lipinski definition) is 1. The standard InChI is InChI=1S/C28H27NO3/c1-21(20-32-25-7-3-2-4-8-25)26-16-18-31-28(26)15-12-23(27-9-5-6-17-29-27)19-22-10-13-24(30)14-11-22/h2-11,13-14,16-17,19,28,30H,1,12,15,18,20H2/b23-19-. The lowest BCUT2D eigenvalue weighted by atomic mass is 9.95. The van der Waals surface area contributed by atoms with Crippen LogP contribution in [0.3, 0.4) is 0 Å². The summed E-state index contributed by atoms with van der Waals surface area (Å²) in [6.45, 7) is 5.26. The maximum atomic E-state index is 9.58. The second-order valence-corrected chi connectivity index (χ2v) is 7.70. The second kappa shape index (κ2) is 10.6. The Morgan fingerprint density at radius 1 is 1.06 bits per heavy atom. The lowest BCUT2D eigenvalue weighted by Gasteiger charge is -2.18. The van der Waals surface area contributed by atoms with Gasteiger partial charge in [-0.25, -0.2) is 0 Å². The van der Waals surface area contributed by atoms with E-state index in [1.165, 1.54) is 0 Å². The van der Waals surface area contributed by atoms with E-state index in [0.717, 1.165) is 46.6 Å². The quantitative estimate of drug-likeness (QED) is 0.452. The van der Waals surface area contributed by atoms with Crippen LogP contribution < -0.4 is 4.74 Å². The summed E-state index contributed by atoms with van der Waals surface area (Å²) in [4.78, 5) is 4.54. The van der Waals surface area contributed by atoms with E-state index >= 15 is 0 Å². The smallest absolute Gasteiger partial charge is 0.119 e. The van der Waals surface area contributed by atoms with Gasteiger partial charge in [-0.3, -0.25) is 4.98 Å². The van der Waals surface area contributed by atoms with Gasteiger partial charge < -0.3 is 14.6 Å². The highest BCUT2D eigenvalue weighted by atomic mass is 16.5. The number of ether oxygens (including phenoxy) is 2. The van der Waals surface area contributed by atoms with E-state index in [0.29, 0.717) is 13.2 Å². The minimum atomic E-state index is -0.0196. The van der Waals surface area contributed by atoms with Gasteiger partial charge >= 0.3 is 0 Å². The molecule has 0 saturated heterocycles. The first-order valence-electron chi connectivity index (χ1n) is 10.8. The minimum Gasteiger partial charge on any atom is -0.508 e. The fraction of sp³-hybridized carbons (Fsp3) is 0.179. The molecule has 1 atom stereocenters. The monoisotopic (exact) mass is 425 g/mol. The Kier molecular flexibility index (Phi) is 7.15. The van der Waals surface area contributed by atoms with E-state index in [-0.39, 0.29) is 11.9 Å². The third kappa shape index (κ3) is 5.74. The van der Waals surface area contributed by atoms with Crippen LogP contribution in [0.2, 0.25) is 0 Å². The number of phenols is 1. The zero-order chi connectivity index (χ0) is 22.2. The number of phenolic OH excluding ortho intramolecular Hbond substituents is 1. The summed E-state index contributed by atoms with van der Waals surface area (Å²) in [7, 11) is 0. The number of benzene rings is 2. The number of para-hydroxylation sites is 1. The van der Waals surface area contributed by atoms with E-state index in [4.69, 9.17) is 9.47 Å². The van der Waals surface area contributed by atoms with Crippen molar-refractivity contribution in [2.75, 3.05) is 13.2 Å². The van der Waals surface area contributed by atoms with Crippen molar-refractivity contribution in [2.45, 2.75) is 18.9 Å². The molecule has 1 N–H and O–H groups in total. The van der Waals surface area contributed by atoms with Crippen LogP contribution in [0.25, 0.3) is 11.6 Å². The largest absolute Gasteiger partial charge is 0.508 e. The first kappa shape index (κ1) is 21.6.